The number of hydrogen-bond donors (Lipinski definition) is 0. The predicted molar refractivity (Wildman–Crippen MR) is 123 cm³/mol. The average molecular weight is 421 g/mol. The van der Waals surface area contributed by atoms with E-state index < -0.39 is 0 Å². The second-order valence-corrected chi connectivity index (χ2v) is 6.76. The lowest BCUT2D eigenvalue weighted by Crippen LogP contribution is -2.01. The van der Waals surface area contributed by atoms with Gasteiger partial charge in [0.15, 0.2) is 23.0 Å². The predicted octanol–water partition coefficient (Wildman–Crippen LogP) is 5.75. The van der Waals surface area contributed by atoms with Crippen LogP contribution >= 0.6 is 0 Å². The molecule has 0 radical (unpaired) electrons. The maximum Gasteiger partial charge on any atom is 0.203 e. The molecule has 31 heavy (non-hydrogen) atoms. The van der Waals surface area contributed by atoms with Gasteiger partial charge in [-0.05, 0) is 53.5 Å². The van der Waals surface area contributed by atoms with E-state index in [1.54, 1.807) is 21.3 Å². The highest BCUT2D eigenvalue weighted by Crippen LogP contribution is 2.41. The Morgan fingerprint density at radius 2 is 1.35 bits per heavy atom. The minimum atomic E-state index is 0.445. The van der Waals surface area contributed by atoms with Crippen LogP contribution in [0, 0.1) is 0 Å². The molecule has 0 aliphatic rings. The van der Waals surface area contributed by atoms with Crippen molar-refractivity contribution in [1.29, 1.82) is 0 Å². The van der Waals surface area contributed by atoms with Gasteiger partial charge in [0.2, 0.25) is 5.75 Å². The Balaban J connectivity index is 1.94. The first-order chi connectivity index (χ1) is 15.1. The van der Waals surface area contributed by atoms with Gasteiger partial charge in [0.05, 0.1) is 27.9 Å². The standard InChI is InChI=1S/C26H28O5/c1-6-30-22-13-12-20(14-23(22)31-17-19-10-8-7-9-11-19)18(2)21-15-24(27-3)26(29-5)25(16-21)28-4/h7-16H,2,6,17H2,1,3-5H3. The number of ether oxygens (including phenoxy) is 5. The molecule has 5 nitrogen and oxygen atoms in total. The fraction of sp³-hybridized carbons (Fsp3) is 0.231. The summed E-state index contributed by atoms with van der Waals surface area (Å²) < 4.78 is 28.2. The van der Waals surface area contributed by atoms with Crippen LogP contribution in [0.2, 0.25) is 0 Å². The average Bonchev–Trinajstić information content (AvgIpc) is 2.82. The van der Waals surface area contributed by atoms with Crippen molar-refractivity contribution < 1.29 is 23.7 Å². The van der Waals surface area contributed by atoms with Crippen LogP contribution in [-0.4, -0.2) is 27.9 Å². The van der Waals surface area contributed by atoms with Crippen molar-refractivity contribution in [2.24, 2.45) is 0 Å². The minimum absolute atomic E-state index is 0.445. The second-order valence-electron chi connectivity index (χ2n) is 6.76. The molecule has 3 aromatic rings. The first-order valence-corrected chi connectivity index (χ1v) is 10.0. The normalized spacial score (nSPS) is 10.3. The van der Waals surface area contributed by atoms with Gasteiger partial charge in [0, 0.05) is 0 Å². The van der Waals surface area contributed by atoms with Gasteiger partial charge in [-0.1, -0.05) is 43.0 Å². The zero-order valence-corrected chi connectivity index (χ0v) is 18.4. The van der Waals surface area contributed by atoms with E-state index in [1.165, 1.54) is 0 Å². The van der Waals surface area contributed by atoms with Crippen LogP contribution in [-0.2, 0) is 6.61 Å². The lowest BCUT2D eigenvalue weighted by molar-refractivity contribution is 0.269. The van der Waals surface area contributed by atoms with Gasteiger partial charge in [-0.3, -0.25) is 0 Å². The third-order valence-electron chi connectivity index (χ3n) is 4.84. The molecule has 0 N–H and O–H groups in total. The molecule has 0 bridgehead atoms. The summed E-state index contributed by atoms with van der Waals surface area (Å²) >= 11 is 0. The van der Waals surface area contributed by atoms with Crippen LogP contribution in [0.25, 0.3) is 5.57 Å². The summed E-state index contributed by atoms with van der Waals surface area (Å²) in [6, 6.07) is 19.6. The number of hydrogen-bond acceptors (Lipinski definition) is 5. The third-order valence-corrected chi connectivity index (χ3v) is 4.84. The van der Waals surface area contributed by atoms with Gasteiger partial charge in [0.1, 0.15) is 6.61 Å². The summed E-state index contributed by atoms with van der Waals surface area (Å²) in [4.78, 5) is 0. The molecule has 0 atom stereocenters. The molecule has 0 saturated carbocycles. The van der Waals surface area contributed by atoms with Crippen molar-refractivity contribution in [3.8, 4) is 28.7 Å². The molecule has 0 aliphatic carbocycles. The molecular weight excluding hydrogens is 392 g/mol. The lowest BCUT2D eigenvalue weighted by atomic mass is 9.98. The highest BCUT2D eigenvalue weighted by Gasteiger charge is 2.16. The van der Waals surface area contributed by atoms with Gasteiger partial charge < -0.3 is 23.7 Å². The Labute approximate surface area is 183 Å². The van der Waals surface area contributed by atoms with E-state index in [1.807, 2.05) is 67.6 Å². The lowest BCUT2D eigenvalue weighted by Gasteiger charge is -2.17. The summed E-state index contributed by atoms with van der Waals surface area (Å²) in [6.07, 6.45) is 0. The molecule has 162 valence electrons. The van der Waals surface area contributed by atoms with E-state index >= 15 is 0 Å². The van der Waals surface area contributed by atoms with Gasteiger partial charge in [0.25, 0.3) is 0 Å². The smallest absolute Gasteiger partial charge is 0.203 e. The van der Waals surface area contributed by atoms with E-state index in [9.17, 15) is 0 Å². The highest BCUT2D eigenvalue weighted by molar-refractivity contribution is 5.81. The zero-order chi connectivity index (χ0) is 22.2. The molecule has 0 amide bonds. The van der Waals surface area contributed by atoms with Crippen LogP contribution in [0.5, 0.6) is 28.7 Å². The minimum Gasteiger partial charge on any atom is -0.493 e. The summed E-state index contributed by atoms with van der Waals surface area (Å²) in [5.41, 5.74) is 3.64. The maximum atomic E-state index is 6.09. The summed E-state index contributed by atoms with van der Waals surface area (Å²) in [6.45, 7) is 7.23. The van der Waals surface area contributed by atoms with Crippen molar-refractivity contribution in [2.45, 2.75) is 13.5 Å². The van der Waals surface area contributed by atoms with Crippen molar-refractivity contribution in [3.05, 3.63) is 83.9 Å². The SMILES string of the molecule is C=C(c1ccc(OCC)c(OCc2ccccc2)c1)c1cc(OC)c(OC)c(OC)c1. The molecule has 0 spiro atoms. The Hall–Kier alpha value is -3.60. The van der Waals surface area contributed by atoms with Gasteiger partial charge in [-0.2, -0.15) is 0 Å². The van der Waals surface area contributed by atoms with Crippen LogP contribution in [0.3, 0.4) is 0 Å². The fourth-order valence-corrected chi connectivity index (χ4v) is 3.24. The molecule has 3 aromatic carbocycles. The topological polar surface area (TPSA) is 46.2 Å². The monoisotopic (exact) mass is 420 g/mol. The summed E-state index contributed by atoms with van der Waals surface area (Å²) in [5, 5.41) is 0. The van der Waals surface area contributed by atoms with Crippen molar-refractivity contribution >= 4 is 5.57 Å². The highest BCUT2D eigenvalue weighted by atomic mass is 16.5. The molecule has 0 heterocycles. The van der Waals surface area contributed by atoms with Crippen molar-refractivity contribution in [1.82, 2.24) is 0 Å². The van der Waals surface area contributed by atoms with E-state index in [-0.39, 0.29) is 0 Å². The fourth-order valence-electron chi connectivity index (χ4n) is 3.24. The Morgan fingerprint density at radius 3 is 1.94 bits per heavy atom. The zero-order valence-electron chi connectivity index (χ0n) is 18.4. The number of rotatable bonds is 10. The quantitative estimate of drug-likeness (QED) is 0.418. The van der Waals surface area contributed by atoms with Crippen LogP contribution < -0.4 is 23.7 Å². The number of methoxy groups -OCH3 is 3. The van der Waals surface area contributed by atoms with E-state index in [0.29, 0.717) is 42.0 Å². The molecular formula is C26H28O5. The van der Waals surface area contributed by atoms with Gasteiger partial charge >= 0.3 is 0 Å². The number of benzene rings is 3. The van der Waals surface area contributed by atoms with E-state index in [4.69, 9.17) is 23.7 Å². The maximum absolute atomic E-state index is 6.09. The van der Waals surface area contributed by atoms with Gasteiger partial charge in [-0.15, -0.1) is 0 Å². The molecule has 3 rings (SSSR count). The summed E-state index contributed by atoms with van der Waals surface area (Å²) in [7, 11) is 4.77. The Kier molecular flexibility index (Phi) is 7.44. The van der Waals surface area contributed by atoms with E-state index in [0.717, 1.165) is 22.3 Å². The molecule has 0 saturated heterocycles. The Bertz CT molecular complexity index is 1000. The van der Waals surface area contributed by atoms with Crippen molar-refractivity contribution in [2.75, 3.05) is 27.9 Å². The molecule has 0 unspecified atom stereocenters. The molecule has 0 aromatic heterocycles. The Morgan fingerprint density at radius 1 is 0.710 bits per heavy atom. The van der Waals surface area contributed by atoms with Crippen LogP contribution in [0.15, 0.2) is 67.2 Å². The molecule has 0 fully saturated rings. The molecule has 0 aliphatic heterocycles. The van der Waals surface area contributed by atoms with Crippen LogP contribution in [0.1, 0.15) is 23.6 Å². The second kappa shape index (κ2) is 10.4. The third kappa shape index (κ3) is 5.12. The largest absolute Gasteiger partial charge is 0.493 e. The molecule has 5 heteroatoms. The summed E-state index contributed by atoms with van der Waals surface area (Å²) in [5.74, 6) is 3.05. The first-order valence-electron chi connectivity index (χ1n) is 10.0. The van der Waals surface area contributed by atoms with Crippen molar-refractivity contribution in [3.63, 3.8) is 0 Å². The van der Waals surface area contributed by atoms with Gasteiger partial charge in [-0.25, -0.2) is 0 Å². The van der Waals surface area contributed by atoms with Crippen LogP contribution in [0.4, 0.5) is 0 Å². The van der Waals surface area contributed by atoms with E-state index in [2.05, 4.69) is 6.58 Å². The first kappa shape index (κ1) is 22.1.